The molecular formula is C20H37IN4O2. The van der Waals surface area contributed by atoms with Gasteiger partial charge in [0.05, 0.1) is 7.11 Å². The third kappa shape index (κ3) is 11.4. The van der Waals surface area contributed by atoms with Gasteiger partial charge in [-0.15, -0.1) is 24.0 Å². The number of aliphatic imine (C=N–C) groups is 1. The minimum atomic E-state index is 0. The Morgan fingerprint density at radius 1 is 1.11 bits per heavy atom. The summed E-state index contributed by atoms with van der Waals surface area (Å²) in [5.74, 6) is 2.24. The van der Waals surface area contributed by atoms with Crippen LogP contribution in [0.2, 0.25) is 0 Å². The maximum Gasteiger partial charge on any atom is 0.191 e. The monoisotopic (exact) mass is 492 g/mol. The molecular weight excluding hydrogens is 455 g/mol. The van der Waals surface area contributed by atoms with Crippen LogP contribution in [0.5, 0.6) is 5.75 Å². The molecule has 0 aliphatic rings. The van der Waals surface area contributed by atoms with Gasteiger partial charge in [0.15, 0.2) is 5.96 Å². The summed E-state index contributed by atoms with van der Waals surface area (Å²) < 4.78 is 10.3. The highest BCUT2D eigenvalue weighted by atomic mass is 127. The second-order valence-corrected chi connectivity index (χ2v) is 6.54. The molecule has 1 aromatic carbocycles. The van der Waals surface area contributed by atoms with Gasteiger partial charge in [-0.25, -0.2) is 0 Å². The Hall–Kier alpha value is -1.06. The van der Waals surface area contributed by atoms with Crippen LogP contribution < -0.4 is 15.4 Å². The van der Waals surface area contributed by atoms with Crippen molar-refractivity contribution in [3.05, 3.63) is 29.8 Å². The van der Waals surface area contributed by atoms with Gasteiger partial charge in [0.2, 0.25) is 0 Å². The van der Waals surface area contributed by atoms with Gasteiger partial charge in [-0.2, -0.15) is 0 Å². The zero-order valence-electron chi connectivity index (χ0n) is 17.5. The van der Waals surface area contributed by atoms with Crippen molar-refractivity contribution in [2.45, 2.75) is 25.7 Å². The molecule has 0 bridgehead atoms. The lowest BCUT2D eigenvalue weighted by molar-refractivity contribution is 0.180. The molecule has 1 atom stereocenters. The Morgan fingerprint density at radius 2 is 1.78 bits per heavy atom. The van der Waals surface area contributed by atoms with E-state index in [0.29, 0.717) is 5.92 Å². The normalized spacial score (nSPS) is 12.4. The molecule has 6 nitrogen and oxygen atoms in total. The summed E-state index contributed by atoms with van der Waals surface area (Å²) >= 11 is 0. The first kappa shape index (κ1) is 25.9. The van der Waals surface area contributed by atoms with Gasteiger partial charge in [0.1, 0.15) is 5.75 Å². The van der Waals surface area contributed by atoms with Crippen LogP contribution in [-0.4, -0.2) is 72.0 Å². The largest absolute Gasteiger partial charge is 0.497 e. The first-order valence-electron chi connectivity index (χ1n) is 9.36. The number of rotatable bonds is 12. The van der Waals surface area contributed by atoms with E-state index in [-0.39, 0.29) is 24.0 Å². The van der Waals surface area contributed by atoms with E-state index in [0.717, 1.165) is 57.3 Å². The summed E-state index contributed by atoms with van der Waals surface area (Å²) in [5.41, 5.74) is 1.33. The molecule has 0 saturated carbocycles. The van der Waals surface area contributed by atoms with Gasteiger partial charge in [0, 0.05) is 46.9 Å². The first-order chi connectivity index (χ1) is 12.6. The summed E-state index contributed by atoms with van der Waals surface area (Å²) in [6.45, 7) is 6.84. The lowest BCUT2D eigenvalue weighted by Crippen LogP contribution is -2.41. The number of benzene rings is 1. The predicted molar refractivity (Wildman–Crippen MR) is 125 cm³/mol. The maximum absolute atomic E-state index is 5.21. The summed E-state index contributed by atoms with van der Waals surface area (Å²) in [5, 5.41) is 6.76. The minimum absolute atomic E-state index is 0. The van der Waals surface area contributed by atoms with Crippen molar-refractivity contribution in [1.82, 2.24) is 15.5 Å². The fraction of sp³-hybridized carbons (Fsp3) is 0.650. The van der Waals surface area contributed by atoms with Gasteiger partial charge in [-0.1, -0.05) is 19.1 Å². The van der Waals surface area contributed by atoms with E-state index < -0.39 is 0 Å². The highest BCUT2D eigenvalue weighted by Gasteiger charge is 2.06. The van der Waals surface area contributed by atoms with Crippen LogP contribution in [0.15, 0.2) is 29.3 Å². The number of hydrogen-bond acceptors (Lipinski definition) is 4. The Morgan fingerprint density at radius 3 is 2.37 bits per heavy atom. The lowest BCUT2D eigenvalue weighted by atomic mass is 9.98. The summed E-state index contributed by atoms with van der Waals surface area (Å²) in [7, 11) is 7.37. The molecule has 0 fully saturated rings. The number of ether oxygens (including phenoxy) is 2. The van der Waals surface area contributed by atoms with Crippen LogP contribution in [0.3, 0.4) is 0 Å². The SMILES string of the molecule is CN=C(NCCC(C)c1ccc(OC)cc1)NCCN(C)CCCOC.I. The molecule has 1 unspecified atom stereocenters. The van der Waals surface area contributed by atoms with E-state index >= 15 is 0 Å². The third-order valence-corrected chi connectivity index (χ3v) is 4.45. The molecule has 1 rings (SSSR count). The highest BCUT2D eigenvalue weighted by Crippen LogP contribution is 2.21. The minimum Gasteiger partial charge on any atom is -0.497 e. The molecule has 0 heterocycles. The molecule has 0 amide bonds. The van der Waals surface area contributed by atoms with E-state index in [1.807, 2.05) is 19.2 Å². The predicted octanol–water partition coefficient (Wildman–Crippen LogP) is 2.94. The Kier molecular flexibility index (Phi) is 15.3. The zero-order chi connectivity index (χ0) is 19.2. The van der Waals surface area contributed by atoms with Gasteiger partial charge in [-0.05, 0) is 43.5 Å². The molecule has 7 heteroatoms. The second-order valence-electron chi connectivity index (χ2n) is 6.54. The van der Waals surface area contributed by atoms with Gasteiger partial charge < -0.3 is 25.0 Å². The van der Waals surface area contributed by atoms with Crippen LogP contribution >= 0.6 is 24.0 Å². The molecule has 27 heavy (non-hydrogen) atoms. The molecule has 2 N–H and O–H groups in total. The number of guanidine groups is 1. The topological polar surface area (TPSA) is 58.1 Å². The zero-order valence-corrected chi connectivity index (χ0v) is 19.8. The molecule has 0 aromatic heterocycles. The molecule has 0 aliphatic carbocycles. The number of nitrogens with zero attached hydrogens (tertiary/aromatic N) is 2. The smallest absolute Gasteiger partial charge is 0.191 e. The fourth-order valence-corrected chi connectivity index (χ4v) is 2.68. The number of methoxy groups -OCH3 is 2. The molecule has 0 aliphatic heterocycles. The first-order valence-corrected chi connectivity index (χ1v) is 9.36. The summed E-state index contributed by atoms with van der Waals surface area (Å²) in [6, 6.07) is 8.30. The summed E-state index contributed by atoms with van der Waals surface area (Å²) in [6.07, 6.45) is 2.10. The van der Waals surface area contributed by atoms with Gasteiger partial charge >= 0.3 is 0 Å². The summed E-state index contributed by atoms with van der Waals surface area (Å²) in [4.78, 5) is 6.59. The lowest BCUT2D eigenvalue weighted by Gasteiger charge is -2.19. The Labute approximate surface area is 182 Å². The van der Waals surface area contributed by atoms with Crippen LogP contribution in [0, 0.1) is 0 Å². The molecule has 0 radical (unpaired) electrons. The number of halogens is 1. The Balaban J connectivity index is 0.00000676. The van der Waals surface area contributed by atoms with Crippen molar-refractivity contribution >= 4 is 29.9 Å². The van der Waals surface area contributed by atoms with Crippen LogP contribution in [0.4, 0.5) is 0 Å². The highest BCUT2D eigenvalue weighted by molar-refractivity contribution is 14.0. The molecule has 0 saturated heterocycles. The Bertz CT molecular complexity index is 511. The number of hydrogen-bond donors (Lipinski definition) is 2. The standard InChI is InChI=1S/C20H36N4O2.HI/c1-17(18-7-9-19(26-5)10-8-18)11-12-22-20(21-2)23-13-15-24(3)14-6-16-25-4;/h7-10,17H,6,11-16H2,1-5H3,(H2,21,22,23);1H. The maximum atomic E-state index is 5.21. The van der Waals surface area contributed by atoms with E-state index in [2.05, 4.69) is 46.6 Å². The van der Waals surface area contributed by atoms with E-state index in [1.54, 1.807) is 14.2 Å². The van der Waals surface area contributed by atoms with Crippen molar-refractivity contribution in [1.29, 1.82) is 0 Å². The quantitative estimate of drug-likeness (QED) is 0.204. The number of nitrogens with one attached hydrogen (secondary N) is 2. The van der Waals surface area contributed by atoms with E-state index in [4.69, 9.17) is 9.47 Å². The van der Waals surface area contributed by atoms with Crippen LogP contribution in [0.25, 0.3) is 0 Å². The van der Waals surface area contributed by atoms with Crippen molar-refractivity contribution < 1.29 is 9.47 Å². The van der Waals surface area contributed by atoms with Gasteiger partial charge in [0.25, 0.3) is 0 Å². The third-order valence-electron chi connectivity index (χ3n) is 4.45. The number of likely N-dealkylation sites (N-methyl/N-ethyl adjacent to an activating group) is 1. The van der Waals surface area contributed by atoms with Crippen molar-refractivity contribution in [3.8, 4) is 5.75 Å². The van der Waals surface area contributed by atoms with Crippen LogP contribution in [0.1, 0.15) is 31.2 Å². The average molecular weight is 492 g/mol. The fourth-order valence-electron chi connectivity index (χ4n) is 2.68. The van der Waals surface area contributed by atoms with E-state index in [9.17, 15) is 0 Å². The average Bonchev–Trinajstić information content (AvgIpc) is 2.66. The van der Waals surface area contributed by atoms with Crippen molar-refractivity contribution in [2.75, 3.05) is 61.1 Å². The molecule has 156 valence electrons. The van der Waals surface area contributed by atoms with Crippen molar-refractivity contribution in [2.24, 2.45) is 4.99 Å². The van der Waals surface area contributed by atoms with Crippen LogP contribution in [-0.2, 0) is 4.74 Å². The van der Waals surface area contributed by atoms with Crippen molar-refractivity contribution in [3.63, 3.8) is 0 Å². The van der Waals surface area contributed by atoms with E-state index in [1.165, 1.54) is 5.56 Å². The molecule has 1 aromatic rings. The second kappa shape index (κ2) is 15.9. The van der Waals surface area contributed by atoms with Gasteiger partial charge in [-0.3, -0.25) is 4.99 Å². The molecule has 0 spiro atoms.